The summed E-state index contributed by atoms with van der Waals surface area (Å²) in [4.78, 5) is 12.3. The van der Waals surface area contributed by atoms with Crippen molar-refractivity contribution in [1.82, 2.24) is 10.2 Å². The lowest BCUT2D eigenvalue weighted by Gasteiger charge is -2.34. The number of piperazine rings is 1. The molecule has 0 unspecified atom stereocenters. The number of nitrogens with one attached hydrogen (secondary N) is 1. The predicted molar refractivity (Wildman–Crippen MR) is 84.0 cm³/mol. The largest absolute Gasteiger partial charge is 0.502 e. The van der Waals surface area contributed by atoms with Crippen LogP contribution in [-0.2, 0) is 0 Å². The summed E-state index contributed by atoms with van der Waals surface area (Å²) >= 11 is 3.21. The Morgan fingerprint density at radius 1 is 1.43 bits per heavy atom. The second-order valence-electron chi connectivity index (χ2n) is 4.60. The third-order valence-corrected chi connectivity index (χ3v) is 3.86. The minimum atomic E-state index is -0.629. The van der Waals surface area contributed by atoms with Gasteiger partial charge in [-0.15, -0.1) is 12.4 Å². The van der Waals surface area contributed by atoms with Crippen LogP contribution in [0, 0.1) is 10.1 Å². The fraction of sp³-hybridized carbons (Fsp3) is 0.500. The van der Waals surface area contributed by atoms with Gasteiger partial charge in [-0.1, -0.05) is 15.9 Å². The van der Waals surface area contributed by atoms with Gasteiger partial charge in [0.25, 0.3) is 0 Å². The topological polar surface area (TPSA) is 98.9 Å². The lowest BCUT2D eigenvalue weighted by molar-refractivity contribution is -0.386. The molecule has 7 nitrogen and oxygen atoms in total. The Morgan fingerprint density at radius 3 is 2.57 bits per heavy atom. The quantitative estimate of drug-likeness (QED) is 0.538. The number of aliphatic hydroxyl groups excluding tert-OH is 1. The molecule has 1 atom stereocenters. The number of rotatable bonds is 4. The van der Waals surface area contributed by atoms with Gasteiger partial charge < -0.3 is 15.5 Å². The Hall–Kier alpha value is -0.930. The summed E-state index contributed by atoms with van der Waals surface area (Å²) in [6, 6.07) is 2.42. The minimum absolute atomic E-state index is 0. The van der Waals surface area contributed by atoms with E-state index < -0.39 is 11.0 Å². The van der Waals surface area contributed by atoms with E-state index in [2.05, 4.69) is 21.2 Å². The maximum atomic E-state index is 11.0. The number of phenols is 1. The number of aromatic hydroxyl groups is 1. The first-order valence-corrected chi connectivity index (χ1v) is 7.06. The van der Waals surface area contributed by atoms with Gasteiger partial charge in [-0.2, -0.15) is 0 Å². The first-order valence-electron chi connectivity index (χ1n) is 6.27. The molecule has 1 aliphatic rings. The number of nitrogens with zero attached hydrogens (tertiary/aromatic N) is 2. The molecule has 3 N–H and O–H groups in total. The van der Waals surface area contributed by atoms with Crippen molar-refractivity contribution in [3.8, 4) is 5.75 Å². The SMILES string of the molecule is Cl.O=[N+]([O-])c1cc(Br)cc([C@@H](CO)N2CCNCC2)c1O. The second kappa shape index (κ2) is 7.90. The summed E-state index contributed by atoms with van der Waals surface area (Å²) in [6.45, 7) is 2.79. The van der Waals surface area contributed by atoms with E-state index in [0.717, 1.165) is 13.1 Å². The highest BCUT2D eigenvalue weighted by Crippen LogP contribution is 2.38. The van der Waals surface area contributed by atoms with E-state index in [4.69, 9.17) is 0 Å². The summed E-state index contributed by atoms with van der Waals surface area (Å²) in [7, 11) is 0. The van der Waals surface area contributed by atoms with Gasteiger partial charge in [0, 0.05) is 42.3 Å². The van der Waals surface area contributed by atoms with Crippen LogP contribution in [0.15, 0.2) is 16.6 Å². The second-order valence-corrected chi connectivity index (χ2v) is 5.52. The van der Waals surface area contributed by atoms with E-state index in [-0.39, 0.29) is 30.5 Å². The van der Waals surface area contributed by atoms with Crippen molar-refractivity contribution in [1.29, 1.82) is 0 Å². The molecule has 1 saturated heterocycles. The molecule has 1 fully saturated rings. The van der Waals surface area contributed by atoms with Crippen LogP contribution < -0.4 is 5.32 Å². The number of benzene rings is 1. The van der Waals surface area contributed by atoms with Gasteiger partial charge >= 0.3 is 5.69 Å². The zero-order valence-corrected chi connectivity index (χ0v) is 13.6. The molecule has 0 aromatic heterocycles. The standard InChI is InChI=1S/C12H16BrN3O4.ClH/c13-8-5-9(12(18)10(6-8)16(19)20)11(7-17)15-3-1-14-2-4-15;/h5-6,11,14,17-18H,1-4,7H2;1H/t11-;/m1./s1. The number of hydrogen-bond acceptors (Lipinski definition) is 6. The number of hydrogen-bond donors (Lipinski definition) is 3. The average molecular weight is 383 g/mol. The number of nitro groups is 1. The Kier molecular flexibility index (Phi) is 6.82. The van der Waals surface area contributed by atoms with E-state index >= 15 is 0 Å². The molecule has 0 aliphatic carbocycles. The van der Waals surface area contributed by atoms with Crippen molar-refractivity contribution in [2.24, 2.45) is 0 Å². The zero-order valence-electron chi connectivity index (χ0n) is 11.2. The Labute approximate surface area is 136 Å². The average Bonchev–Trinajstić information content (AvgIpc) is 2.44. The lowest BCUT2D eigenvalue weighted by Crippen LogP contribution is -2.46. The molecule has 1 aromatic carbocycles. The van der Waals surface area contributed by atoms with E-state index in [1.165, 1.54) is 6.07 Å². The number of phenolic OH excluding ortho intramolecular Hbond substituents is 1. The fourth-order valence-electron chi connectivity index (χ4n) is 2.40. The summed E-state index contributed by atoms with van der Waals surface area (Å²) in [5.41, 5.74) is 0.0124. The molecule has 1 heterocycles. The molecule has 2 rings (SSSR count). The smallest absolute Gasteiger partial charge is 0.312 e. The zero-order chi connectivity index (χ0) is 14.7. The van der Waals surface area contributed by atoms with Crippen LogP contribution in [0.3, 0.4) is 0 Å². The van der Waals surface area contributed by atoms with Crippen LogP contribution >= 0.6 is 28.3 Å². The van der Waals surface area contributed by atoms with Crippen molar-refractivity contribution in [2.45, 2.75) is 6.04 Å². The summed E-state index contributed by atoms with van der Waals surface area (Å²) in [5, 5.41) is 33.9. The minimum Gasteiger partial charge on any atom is -0.502 e. The highest BCUT2D eigenvalue weighted by Gasteiger charge is 2.28. The molecule has 0 spiro atoms. The summed E-state index contributed by atoms with van der Waals surface area (Å²) in [6.07, 6.45) is 0. The van der Waals surface area contributed by atoms with Crippen LogP contribution in [0.5, 0.6) is 5.75 Å². The first kappa shape index (κ1) is 18.1. The van der Waals surface area contributed by atoms with Crippen LogP contribution in [0.25, 0.3) is 0 Å². The first-order chi connectivity index (χ1) is 9.54. The number of halogens is 2. The van der Waals surface area contributed by atoms with Gasteiger partial charge in [-0.05, 0) is 6.07 Å². The predicted octanol–water partition coefficient (Wildman–Crippen LogP) is 1.42. The molecule has 0 bridgehead atoms. The Balaban J connectivity index is 0.00000220. The number of aliphatic hydroxyl groups is 1. The molecule has 1 aliphatic heterocycles. The van der Waals surface area contributed by atoms with Crippen molar-refractivity contribution >= 4 is 34.0 Å². The van der Waals surface area contributed by atoms with Crippen molar-refractivity contribution < 1.29 is 15.1 Å². The molecule has 118 valence electrons. The van der Waals surface area contributed by atoms with Crippen LogP contribution in [0.1, 0.15) is 11.6 Å². The highest BCUT2D eigenvalue weighted by molar-refractivity contribution is 9.10. The van der Waals surface area contributed by atoms with Gasteiger partial charge in [0.05, 0.1) is 17.6 Å². The number of nitro benzene ring substituents is 1. The third-order valence-electron chi connectivity index (χ3n) is 3.41. The van der Waals surface area contributed by atoms with Gasteiger partial charge in [0.1, 0.15) is 0 Å². The maximum absolute atomic E-state index is 11.0. The van der Waals surface area contributed by atoms with E-state index in [9.17, 15) is 20.3 Å². The summed E-state index contributed by atoms with van der Waals surface area (Å²) in [5.74, 6) is -0.379. The van der Waals surface area contributed by atoms with Crippen LogP contribution in [-0.4, -0.2) is 52.8 Å². The molecule has 0 saturated carbocycles. The van der Waals surface area contributed by atoms with Gasteiger partial charge in [0.2, 0.25) is 0 Å². The van der Waals surface area contributed by atoms with Gasteiger partial charge in [-0.3, -0.25) is 15.0 Å². The molecule has 0 radical (unpaired) electrons. The highest BCUT2D eigenvalue weighted by atomic mass is 79.9. The van der Waals surface area contributed by atoms with Crippen molar-refractivity contribution in [2.75, 3.05) is 32.8 Å². The van der Waals surface area contributed by atoms with Crippen molar-refractivity contribution in [3.05, 3.63) is 32.3 Å². The lowest BCUT2D eigenvalue weighted by atomic mass is 10.0. The fourth-order valence-corrected chi connectivity index (χ4v) is 2.87. The molecule has 21 heavy (non-hydrogen) atoms. The normalized spacial score (nSPS) is 17.0. The molecule has 1 aromatic rings. The van der Waals surface area contributed by atoms with E-state index in [0.29, 0.717) is 23.1 Å². The molecule has 9 heteroatoms. The monoisotopic (exact) mass is 381 g/mol. The molecular weight excluding hydrogens is 366 g/mol. The van der Waals surface area contributed by atoms with Gasteiger partial charge in [-0.25, -0.2) is 0 Å². The Morgan fingerprint density at radius 2 is 2.05 bits per heavy atom. The summed E-state index contributed by atoms with van der Waals surface area (Å²) < 4.78 is 0.505. The van der Waals surface area contributed by atoms with E-state index in [1.54, 1.807) is 6.07 Å². The van der Waals surface area contributed by atoms with Crippen LogP contribution in [0.2, 0.25) is 0 Å². The third kappa shape index (κ3) is 4.04. The maximum Gasteiger partial charge on any atom is 0.312 e. The molecular formula is C12H17BrClN3O4. The van der Waals surface area contributed by atoms with Gasteiger partial charge in [0.15, 0.2) is 5.75 Å². The van der Waals surface area contributed by atoms with Crippen LogP contribution in [0.4, 0.5) is 5.69 Å². The van der Waals surface area contributed by atoms with Crippen molar-refractivity contribution in [3.63, 3.8) is 0 Å². The Bertz CT molecular complexity index is 512. The molecule has 0 amide bonds. The van der Waals surface area contributed by atoms with E-state index in [1.807, 2.05) is 4.90 Å².